The van der Waals surface area contributed by atoms with Gasteiger partial charge in [-0.2, -0.15) is 0 Å². The van der Waals surface area contributed by atoms with E-state index < -0.39 is 0 Å². The van der Waals surface area contributed by atoms with Gasteiger partial charge in [0.15, 0.2) is 0 Å². The Balaban J connectivity index is 3.07. The number of hydrogen-bond donors (Lipinski definition) is 1. The molecule has 1 unspecified atom stereocenters. The molecule has 1 aromatic rings. The van der Waals surface area contributed by atoms with Crippen LogP contribution in [-0.4, -0.2) is 0 Å². The Labute approximate surface area is 81.0 Å². The van der Waals surface area contributed by atoms with Gasteiger partial charge in [0, 0.05) is 6.04 Å². The summed E-state index contributed by atoms with van der Waals surface area (Å²) in [7, 11) is 0. The molecule has 0 aliphatic heterocycles. The van der Waals surface area contributed by atoms with Crippen molar-refractivity contribution in [3.63, 3.8) is 0 Å². The Bertz CT molecular complexity index is 289. The van der Waals surface area contributed by atoms with Crippen LogP contribution < -0.4 is 5.73 Å². The minimum absolute atomic E-state index is 0.167. The van der Waals surface area contributed by atoms with E-state index in [1.165, 1.54) is 16.7 Å². The molecule has 0 aromatic heterocycles. The van der Waals surface area contributed by atoms with Crippen molar-refractivity contribution >= 4 is 0 Å². The smallest absolute Gasteiger partial charge is 0.0320 e. The van der Waals surface area contributed by atoms with E-state index in [4.69, 9.17) is 5.73 Å². The summed E-state index contributed by atoms with van der Waals surface area (Å²) in [4.78, 5) is 0. The fourth-order valence-corrected chi connectivity index (χ4v) is 1.49. The Morgan fingerprint density at radius 1 is 1.15 bits per heavy atom. The van der Waals surface area contributed by atoms with Gasteiger partial charge in [-0.1, -0.05) is 32.0 Å². The van der Waals surface area contributed by atoms with E-state index in [0.717, 1.165) is 0 Å². The highest BCUT2D eigenvalue weighted by atomic mass is 14.6. The van der Waals surface area contributed by atoms with Gasteiger partial charge in [0.2, 0.25) is 0 Å². The van der Waals surface area contributed by atoms with E-state index >= 15 is 0 Å². The molecule has 0 radical (unpaired) electrons. The summed E-state index contributed by atoms with van der Waals surface area (Å²) >= 11 is 0. The monoisotopic (exact) mass is 177 g/mol. The van der Waals surface area contributed by atoms with Gasteiger partial charge >= 0.3 is 0 Å². The first-order valence-electron chi connectivity index (χ1n) is 4.85. The Hall–Kier alpha value is -0.820. The van der Waals surface area contributed by atoms with Gasteiger partial charge in [0.1, 0.15) is 0 Å². The maximum atomic E-state index is 6.11. The molecule has 1 nitrogen and oxygen atoms in total. The van der Waals surface area contributed by atoms with Crippen LogP contribution in [0.15, 0.2) is 18.2 Å². The maximum Gasteiger partial charge on any atom is 0.0320 e. The number of benzene rings is 1. The molecule has 0 heterocycles. The molecule has 1 heteroatoms. The van der Waals surface area contributed by atoms with Crippen molar-refractivity contribution in [2.75, 3.05) is 0 Å². The summed E-state index contributed by atoms with van der Waals surface area (Å²) in [6.45, 7) is 8.59. The van der Waals surface area contributed by atoms with Gasteiger partial charge in [0.25, 0.3) is 0 Å². The second-order valence-electron chi connectivity index (χ2n) is 4.06. The minimum Gasteiger partial charge on any atom is -0.324 e. The van der Waals surface area contributed by atoms with E-state index in [9.17, 15) is 0 Å². The van der Waals surface area contributed by atoms with Crippen LogP contribution in [0, 0.1) is 19.8 Å². The first-order chi connectivity index (χ1) is 6.04. The van der Waals surface area contributed by atoms with Crippen molar-refractivity contribution in [1.82, 2.24) is 0 Å². The molecule has 1 rings (SSSR count). The molecule has 72 valence electrons. The van der Waals surface area contributed by atoms with Crippen molar-refractivity contribution in [1.29, 1.82) is 0 Å². The predicted molar refractivity (Wildman–Crippen MR) is 57.7 cm³/mol. The molecule has 0 spiro atoms. The van der Waals surface area contributed by atoms with Crippen LogP contribution in [0.1, 0.15) is 36.6 Å². The van der Waals surface area contributed by atoms with Crippen LogP contribution in [-0.2, 0) is 0 Å². The molecule has 2 N–H and O–H groups in total. The van der Waals surface area contributed by atoms with Gasteiger partial charge in [-0.25, -0.2) is 0 Å². The lowest BCUT2D eigenvalue weighted by Crippen LogP contribution is -2.18. The highest BCUT2D eigenvalue weighted by Crippen LogP contribution is 2.23. The van der Waals surface area contributed by atoms with Crippen molar-refractivity contribution in [3.8, 4) is 0 Å². The highest BCUT2D eigenvalue weighted by molar-refractivity contribution is 5.35. The zero-order valence-corrected chi connectivity index (χ0v) is 8.96. The Kier molecular flexibility index (Phi) is 3.10. The second-order valence-corrected chi connectivity index (χ2v) is 4.06. The van der Waals surface area contributed by atoms with E-state index in [1.807, 2.05) is 0 Å². The molecule has 0 fully saturated rings. The normalized spacial score (nSPS) is 13.4. The van der Waals surface area contributed by atoms with Crippen molar-refractivity contribution < 1.29 is 0 Å². The molecule has 1 atom stereocenters. The fourth-order valence-electron chi connectivity index (χ4n) is 1.49. The summed E-state index contributed by atoms with van der Waals surface area (Å²) in [6.07, 6.45) is 0. The molecule has 1 aromatic carbocycles. The average Bonchev–Trinajstić information content (AvgIpc) is 2.08. The summed E-state index contributed by atoms with van der Waals surface area (Å²) in [5.74, 6) is 0.500. The third kappa shape index (κ3) is 2.10. The lowest BCUT2D eigenvalue weighted by molar-refractivity contribution is 0.512. The van der Waals surface area contributed by atoms with Crippen LogP contribution in [0.4, 0.5) is 0 Å². The lowest BCUT2D eigenvalue weighted by atomic mass is 9.91. The third-order valence-corrected chi connectivity index (χ3v) is 2.72. The maximum absolute atomic E-state index is 6.11. The van der Waals surface area contributed by atoms with E-state index in [0.29, 0.717) is 5.92 Å². The lowest BCUT2D eigenvalue weighted by Gasteiger charge is -2.19. The molecule has 0 bridgehead atoms. The molecule has 0 saturated carbocycles. The second kappa shape index (κ2) is 3.93. The molecule has 0 saturated heterocycles. The fraction of sp³-hybridized carbons (Fsp3) is 0.500. The average molecular weight is 177 g/mol. The van der Waals surface area contributed by atoms with E-state index in [-0.39, 0.29) is 6.04 Å². The van der Waals surface area contributed by atoms with Crippen molar-refractivity contribution in [2.45, 2.75) is 33.7 Å². The molecular weight excluding hydrogens is 158 g/mol. The number of nitrogens with two attached hydrogens (primary N) is 1. The standard InChI is InChI=1S/C12H19N/c1-8(2)12(13)11-7-5-6-9(3)10(11)4/h5-8,12H,13H2,1-4H3. The van der Waals surface area contributed by atoms with Gasteiger partial charge in [-0.3, -0.25) is 0 Å². The minimum atomic E-state index is 0.167. The van der Waals surface area contributed by atoms with E-state index in [1.54, 1.807) is 0 Å². The van der Waals surface area contributed by atoms with Crippen LogP contribution in [0.5, 0.6) is 0 Å². The largest absolute Gasteiger partial charge is 0.324 e. The van der Waals surface area contributed by atoms with Crippen LogP contribution in [0.2, 0.25) is 0 Å². The van der Waals surface area contributed by atoms with Gasteiger partial charge < -0.3 is 5.73 Å². The predicted octanol–water partition coefficient (Wildman–Crippen LogP) is 2.96. The topological polar surface area (TPSA) is 26.0 Å². The van der Waals surface area contributed by atoms with Gasteiger partial charge in [0.05, 0.1) is 0 Å². The third-order valence-electron chi connectivity index (χ3n) is 2.72. The zero-order chi connectivity index (χ0) is 10.0. The van der Waals surface area contributed by atoms with Crippen LogP contribution in [0.25, 0.3) is 0 Å². The quantitative estimate of drug-likeness (QED) is 0.738. The van der Waals surface area contributed by atoms with Crippen LogP contribution >= 0.6 is 0 Å². The highest BCUT2D eigenvalue weighted by Gasteiger charge is 2.12. The molecule has 0 aliphatic carbocycles. The van der Waals surface area contributed by atoms with E-state index in [2.05, 4.69) is 45.9 Å². The molecular formula is C12H19N. The van der Waals surface area contributed by atoms with Gasteiger partial charge in [-0.15, -0.1) is 0 Å². The summed E-state index contributed by atoms with van der Waals surface area (Å²) in [5.41, 5.74) is 10.1. The summed E-state index contributed by atoms with van der Waals surface area (Å²) in [5, 5.41) is 0. The zero-order valence-electron chi connectivity index (χ0n) is 8.96. The SMILES string of the molecule is Cc1cccc(C(N)C(C)C)c1C. The Morgan fingerprint density at radius 3 is 2.31 bits per heavy atom. The van der Waals surface area contributed by atoms with Crippen LogP contribution in [0.3, 0.4) is 0 Å². The number of aryl methyl sites for hydroxylation is 1. The molecule has 0 aliphatic rings. The number of hydrogen-bond acceptors (Lipinski definition) is 1. The molecule has 0 amide bonds. The number of rotatable bonds is 2. The van der Waals surface area contributed by atoms with Gasteiger partial charge in [-0.05, 0) is 36.5 Å². The first kappa shape index (κ1) is 10.3. The van der Waals surface area contributed by atoms with Crippen molar-refractivity contribution in [2.24, 2.45) is 11.7 Å². The summed E-state index contributed by atoms with van der Waals surface area (Å²) < 4.78 is 0. The Morgan fingerprint density at radius 2 is 1.77 bits per heavy atom. The molecule has 13 heavy (non-hydrogen) atoms. The summed E-state index contributed by atoms with van der Waals surface area (Å²) in [6, 6.07) is 6.51. The van der Waals surface area contributed by atoms with Crippen molar-refractivity contribution in [3.05, 3.63) is 34.9 Å². The first-order valence-corrected chi connectivity index (χ1v) is 4.85.